The van der Waals surface area contributed by atoms with E-state index in [0.29, 0.717) is 0 Å². The topological polar surface area (TPSA) is 9.23 Å². The van der Waals surface area contributed by atoms with Crippen molar-refractivity contribution in [2.75, 3.05) is 0 Å². The Labute approximate surface area is 308 Å². The smallest absolute Gasteiger partial charge is 0.143 e. The van der Waals surface area contributed by atoms with Gasteiger partial charge in [0.2, 0.25) is 0 Å². The predicted octanol–water partition coefficient (Wildman–Crippen LogP) is 14.7. The summed E-state index contributed by atoms with van der Waals surface area (Å²) >= 11 is 0. The third-order valence-electron chi connectivity index (χ3n) is 11.3. The first-order chi connectivity index (χ1) is 26.3. The molecule has 0 radical (unpaired) electrons. The number of hydrogen-bond acceptors (Lipinski definition) is 1. The van der Waals surface area contributed by atoms with E-state index in [9.17, 15) is 0 Å². The van der Waals surface area contributed by atoms with Gasteiger partial charge >= 0.3 is 0 Å². The lowest BCUT2D eigenvalue weighted by Crippen LogP contribution is -2.07. The molecule has 0 aromatic heterocycles. The maximum Gasteiger partial charge on any atom is 0.143 e. The summed E-state index contributed by atoms with van der Waals surface area (Å²) in [6.45, 7) is 0. The van der Waals surface area contributed by atoms with E-state index in [1.54, 1.807) is 0 Å². The molecule has 0 fully saturated rings. The maximum absolute atomic E-state index is 7.31. The highest BCUT2D eigenvalue weighted by molar-refractivity contribution is 6.19. The van der Waals surface area contributed by atoms with E-state index in [0.717, 1.165) is 34.6 Å². The fraction of sp³-hybridized carbons (Fsp3) is 0.0385. The number of benzene rings is 9. The predicted molar refractivity (Wildman–Crippen MR) is 224 cm³/mol. The fourth-order valence-electron chi connectivity index (χ4n) is 8.74. The molecule has 1 heteroatoms. The molecule has 0 saturated carbocycles. The normalized spacial score (nSPS) is 14.5. The Bertz CT molecular complexity index is 3000. The highest BCUT2D eigenvalue weighted by atomic mass is 16.5. The van der Waals surface area contributed by atoms with E-state index < -0.39 is 0 Å². The first-order valence-electron chi connectivity index (χ1n) is 18.5. The van der Waals surface area contributed by atoms with Crippen LogP contribution in [-0.2, 0) is 0 Å². The lowest BCUT2D eigenvalue weighted by Gasteiger charge is -2.30. The molecule has 248 valence electrons. The number of rotatable bonds is 4. The Hall–Kier alpha value is -6.70. The van der Waals surface area contributed by atoms with Gasteiger partial charge in [-0.1, -0.05) is 158 Å². The van der Waals surface area contributed by atoms with Crippen molar-refractivity contribution in [3.63, 3.8) is 0 Å². The molecule has 1 atom stereocenters. The molecule has 0 bridgehead atoms. The zero-order chi connectivity index (χ0) is 34.9. The van der Waals surface area contributed by atoms with Gasteiger partial charge in [0.15, 0.2) is 0 Å². The van der Waals surface area contributed by atoms with Crippen LogP contribution in [0.1, 0.15) is 17.9 Å². The van der Waals surface area contributed by atoms with Gasteiger partial charge in [0, 0.05) is 28.0 Å². The van der Waals surface area contributed by atoms with Gasteiger partial charge in [0.1, 0.15) is 11.5 Å². The Morgan fingerprint density at radius 2 is 1.02 bits per heavy atom. The quantitative estimate of drug-likeness (QED) is 0.169. The summed E-state index contributed by atoms with van der Waals surface area (Å²) in [5.41, 5.74) is 10.7. The lowest BCUT2D eigenvalue weighted by molar-refractivity contribution is 0.481. The molecular weight excluding hydrogens is 641 g/mol. The summed E-state index contributed by atoms with van der Waals surface area (Å²) < 4.78 is 7.31. The Morgan fingerprint density at radius 1 is 0.396 bits per heavy atom. The number of hydrogen-bond donors (Lipinski definition) is 0. The minimum atomic E-state index is 0.234. The maximum atomic E-state index is 7.31. The summed E-state index contributed by atoms with van der Waals surface area (Å²) in [5, 5.41) is 9.95. The molecule has 1 heterocycles. The van der Waals surface area contributed by atoms with Crippen LogP contribution in [0.5, 0.6) is 11.5 Å². The zero-order valence-electron chi connectivity index (χ0n) is 29.1. The highest BCUT2D eigenvalue weighted by Gasteiger charge is 2.30. The van der Waals surface area contributed by atoms with E-state index in [1.807, 2.05) is 0 Å². The van der Waals surface area contributed by atoms with Crippen LogP contribution >= 0.6 is 0 Å². The van der Waals surface area contributed by atoms with Crippen molar-refractivity contribution in [1.82, 2.24) is 0 Å². The van der Waals surface area contributed by atoms with Crippen LogP contribution in [0, 0.1) is 0 Å². The second-order valence-corrected chi connectivity index (χ2v) is 14.4. The molecule has 0 spiro atoms. The molecule has 1 nitrogen and oxygen atoms in total. The minimum absolute atomic E-state index is 0.234. The zero-order valence-corrected chi connectivity index (χ0v) is 29.1. The molecule has 11 rings (SSSR count). The molecule has 1 aliphatic carbocycles. The van der Waals surface area contributed by atoms with E-state index in [1.165, 1.54) is 76.5 Å². The van der Waals surface area contributed by atoms with Crippen molar-refractivity contribution in [1.29, 1.82) is 0 Å². The molecule has 9 aromatic rings. The van der Waals surface area contributed by atoms with E-state index in [4.69, 9.17) is 4.74 Å². The molecule has 53 heavy (non-hydrogen) atoms. The molecule has 1 unspecified atom stereocenters. The number of fused-ring (bicyclic) bond motifs is 6. The van der Waals surface area contributed by atoms with Crippen molar-refractivity contribution in [2.45, 2.75) is 12.3 Å². The third-order valence-corrected chi connectivity index (χ3v) is 11.3. The van der Waals surface area contributed by atoms with Gasteiger partial charge < -0.3 is 4.74 Å². The Kier molecular flexibility index (Phi) is 6.75. The Morgan fingerprint density at radius 3 is 1.77 bits per heavy atom. The SMILES string of the molecule is C1=CCC(c2c3c4c(cccc4c4ccccc24)-c2cc(-c4ccc5cc(-c6ccc7ccccc7c6)ccc5c4)cc(-c4ccccc4)c2O3)C=C1. The number of ether oxygens (including phenoxy) is 1. The molecular formula is C52H34O. The Balaban J connectivity index is 1.10. The van der Waals surface area contributed by atoms with Crippen LogP contribution in [0.25, 0.3) is 87.6 Å². The molecule has 9 aromatic carbocycles. The highest BCUT2D eigenvalue weighted by Crippen LogP contribution is 2.56. The van der Waals surface area contributed by atoms with E-state index in [-0.39, 0.29) is 5.92 Å². The largest absolute Gasteiger partial charge is 0.455 e. The average molecular weight is 675 g/mol. The standard InChI is InChI=1S/C52H34O/c1-3-13-34(14-4-1)47-31-42(41-27-26-39-29-38(24-25-40(39)30-41)37-23-22-33-12-7-8-17-36(33)28-37)32-48-46-21-11-20-45-43-18-9-10-19-44(43)49(35-15-5-2-6-16-35)52(50(45)46)53-51(47)48/h1-15,17-32,35H,16H2. The van der Waals surface area contributed by atoms with Crippen molar-refractivity contribution >= 4 is 43.1 Å². The van der Waals surface area contributed by atoms with Gasteiger partial charge in [-0.25, -0.2) is 0 Å². The van der Waals surface area contributed by atoms with Crippen molar-refractivity contribution in [2.24, 2.45) is 0 Å². The van der Waals surface area contributed by atoms with Gasteiger partial charge in [0.05, 0.1) is 0 Å². The second kappa shape index (κ2) is 11.9. The first-order valence-corrected chi connectivity index (χ1v) is 18.5. The summed E-state index contributed by atoms with van der Waals surface area (Å²) in [5.74, 6) is 2.15. The fourth-order valence-corrected chi connectivity index (χ4v) is 8.74. The van der Waals surface area contributed by atoms with Crippen LogP contribution in [0.15, 0.2) is 188 Å². The molecule has 2 aliphatic rings. The molecule has 1 aliphatic heterocycles. The van der Waals surface area contributed by atoms with Gasteiger partial charge in [-0.15, -0.1) is 0 Å². The van der Waals surface area contributed by atoms with Gasteiger partial charge in [0.25, 0.3) is 0 Å². The van der Waals surface area contributed by atoms with E-state index in [2.05, 4.69) is 188 Å². The second-order valence-electron chi connectivity index (χ2n) is 14.4. The van der Waals surface area contributed by atoms with E-state index >= 15 is 0 Å². The van der Waals surface area contributed by atoms with Crippen molar-refractivity contribution in [3.05, 3.63) is 194 Å². The van der Waals surface area contributed by atoms with Crippen molar-refractivity contribution in [3.8, 4) is 56.0 Å². The van der Waals surface area contributed by atoms with Crippen molar-refractivity contribution < 1.29 is 4.74 Å². The van der Waals surface area contributed by atoms with Crippen LogP contribution in [0.3, 0.4) is 0 Å². The van der Waals surface area contributed by atoms with Crippen LogP contribution < -0.4 is 4.74 Å². The van der Waals surface area contributed by atoms with Crippen LogP contribution in [-0.4, -0.2) is 0 Å². The third kappa shape index (κ3) is 4.85. The number of allylic oxidation sites excluding steroid dienone is 4. The summed E-state index contributed by atoms with van der Waals surface area (Å²) in [4.78, 5) is 0. The van der Waals surface area contributed by atoms with Gasteiger partial charge in [-0.05, 0) is 108 Å². The molecule has 0 saturated heterocycles. The minimum Gasteiger partial charge on any atom is -0.455 e. The molecule has 0 amide bonds. The summed E-state index contributed by atoms with van der Waals surface area (Å²) in [6, 6.07) is 60.0. The van der Waals surface area contributed by atoms with Crippen LogP contribution in [0.2, 0.25) is 0 Å². The lowest BCUT2D eigenvalue weighted by atomic mass is 9.81. The first kappa shape index (κ1) is 30.0. The average Bonchev–Trinajstić information content (AvgIpc) is 3.23. The molecule has 0 N–H and O–H groups in total. The van der Waals surface area contributed by atoms with Gasteiger partial charge in [-0.2, -0.15) is 0 Å². The monoisotopic (exact) mass is 674 g/mol. The van der Waals surface area contributed by atoms with Gasteiger partial charge in [-0.3, -0.25) is 0 Å². The summed E-state index contributed by atoms with van der Waals surface area (Å²) in [6.07, 6.45) is 9.88. The van der Waals surface area contributed by atoms with Crippen LogP contribution in [0.4, 0.5) is 0 Å². The summed E-state index contributed by atoms with van der Waals surface area (Å²) in [7, 11) is 0.